The molecule has 0 aliphatic heterocycles. The second-order valence-electron chi connectivity index (χ2n) is 3.53. The summed E-state index contributed by atoms with van der Waals surface area (Å²) < 4.78 is 0. The van der Waals surface area contributed by atoms with Crippen LogP contribution in [-0.4, -0.2) is 28.7 Å². The number of imide groups is 1. The molecule has 0 fully saturated rings. The maximum absolute atomic E-state index is 11.8. The number of carbonyl (C=O) groups excluding carboxylic acids is 2. The molecule has 0 aromatic carbocycles. The van der Waals surface area contributed by atoms with Gasteiger partial charge in [-0.1, -0.05) is 25.8 Å². The Bertz CT molecular complexity index is 338. The van der Waals surface area contributed by atoms with E-state index in [0.717, 1.165) is 19.3 Å². The van der Waals surface area contributed by atoms with Crippen LogP contribution in [0.4, 0.5) is 0 Å². The summed E-state index contributed by atoms with van der Waals surface area (Å²) >= 11 is 0. The van der Waals surface area contributed by atoms with Crippen LogP contribution in [0.5, 0.6) is 0 Å². The SMILES string of the molecule is CCCCCN(C=O)C(=O)c1ccccn1. The van der Waals surface area contributed by atoms with Gasteiger partial charge in [-0.15, -0.1) is 0 Å². The largest absolute Gasteiger partial charge is 0.280 e. The third-order valence-corrected chi connectivity index (χ3v) is 2.27. The van der Waals surface area contributed by atoms with E-state index in [1.165, 1.54) is 4.90 Å². The predicted octanol–water partition coefficient (Wildman–Crippen LogP) is 1.87. The van der Waals surface area contributed by atoms with Gasteiger partial charge >= 0.3 is 0 Å². The van der Waals surface area contributed by atoms with Crippen molar-refractivity contribution in [2.75, 3.05) is 6.54 Å². The molecule has 0 spiro atoms. The summed E-state index contributed by atoms with van der Waals surface area (Å²) in [5, 5.41) is 0. The topological polar surface area (TPSA) is 50.3 Å². The normalized spacial score (nSPS) is 9.81. The van der Waals surface area contributed by atoms with Gasteiger partial charge in [0.1, 0.15) is 5.69 Å². The van der Waals surface area contributed by atoms with Crippen molar-refractivity contribution >= 4 is 12.3 Å². The molecule has 16 heavy (non-hydrogen) atoms. The number of aromatic nitrogens is 1. The van der Waals surface area contributed by atoms with E-state index in [1.54, 1.807) is 24.4 Å². The van der Waals surface area contributed by atoms with Crippen LogP contribution in [0.1, 0.15) is 36.7 Å². The maximum atomic E-state index is 11.8. The van der Waals surface area contributed by atoms with Gasteiger partial charge in [-0.3, -0.25) is 19.5 Å². The number of rotatable bonds is 6. The molecule has 1 aromatic rings. The zero-order chi connectivity index (χ0) is 11.8. The molecule has 1 aromatic heterocycles. The van der Waals surface area contributed by atoms with Crippen LogP contribution < -0.4 is 0 Å². The van der Waals surface area contributed by atoms with Gasteiger partial charge in [-0.25, -0.2) is 0 Å². The number of carbonyl (C=O) groups is 2. The number of hydrogen-bond donors (Lipinski definition) is 0. The zero-order valence-electron chi connectivity index (χ0n) is 9.43. The highest BCUT2D eigenvalue weighted by molar-refractivity contribution is 5.98. The van der Waals surface area contributed by atoms with Crippen LogP contribution in [0.3, 0.4) is 0 Å². The summed E-state index contributed by atoms with van der Waals surface area (Å²) in [5.74, 6) is -0.327. The quantitative estimate of drug-likeness (QED) is 0.543. The molecule has 86 valence electrons. The van der Waals surface area contributed by atoms with Crippen LogP contribution >= 0.6 is 0 Å². The van der Waals surface area contributed by atoms with E-state index in [0.29, 0.717) is 18.6 Å². The first-order chi connectivity index (χ1) is 7.79. The third-order valence-electron chi connectivity index (χ3n) is 2.27. The lowest BCUT2D eigenvalue weighted by Gasteiger charge is -2.14. The van der Waals surface area contributed by atoms with Crippen molar-refractivity contribution in [2.24, 2.45) is 0 Å². The Morgan fingerprint density at radius 3 is 2.81 bits per heavy atom. The monoisotopic (exact) mass is 220 g/mol. The highest BCUT2D eigenvalue weighted by Gasteiger charge is 2.14. The summed E-state index contributed by atoms with van der Waals surface area (Å²) in [5.41, 5.74) is 0.311. The minimum atomic E-state index is -0.327. The first kappa shape index (κ1) is 12.4. The van der Waals surface area contributed by atoms with Gasteiger partial charge < -0.3 is 0 Å². The summed E-state index contributed by atoms with van der Waals surface area (Å²) in [7, 11) is 0. The number of hydrogen-bond acceptors (Lipinski definition) is 3. The van der Waals surface area contributed by atoms with E-state index < -0.39 is 0 Å². The lowest BCUT2D eigenvalue weighted by atomic mass is 10.2. The molecule has 0 saturated carbocycles. The molecule has 0 saturated heterocycles. The molecule has 2 amide bonds. The van der Waals surface area contributed by atoms with Gasteiger partial charge in [0, 0.05) is 12.7 Å². The Hall–Kier alpha value is -1.71. The molecule has 0 aliphatic carbocycles. The Kier molecular flexibility index (Phi) is 5.19. The van der Waals surface area contributed by atoms with Crippen molar-refractivity contribution in [1.82, 2.24) is 9.88 Å². The van der Waals surface area contributed by atoms with Gasteiger partial charge in [0.05, 0.1) is 0 Å². The van der Waals surface area contributed by atoms with Gasteiger partial charge in [0.15, 0.2) is 0 Å². The van der Waals surface area contributed by atoms with Gasteiger partial charge in [-0.2, -0.15) is 0 Å². The Morgan fingerprint density at radius 2 is 2.25 bits per heavy atom. The van der Waals surface area contributed by atoms with Crippen LogP contribution in [0.2, 0.25) is 0 Å². The van der Waals surface area contributed by atoms with Crippen molar-refractivity contribution < 1.29 is 9.59 Å². The first-order valence-electron chi connectivity index (χ1n) is 5.47. The second-order valence-corrected chi connectivity index (χ2v) is 3.53. The van der Waals surface area contributed by atoms with Crippen molar-refractivity contribution in [3.63, 3.8) is 0 Å². The van der Waals surface area contributed by atoms with E-state index in [4.69, 9.17) is 0 Å². The van der Waals surface area contributed by atoms with Crippen LogP contribution in [-0.2, 0) is 4.79 Å². The van der Waals surface area contributed by atoms with Gasteiger partial charge in [0.25, 0.3) is 5.91 Å². The summed E-state index contributed by atoms with van der Waals surface area (Å²) in [6.07, 6.45) is 5.03. The van der Waals surface area contributed by atoms with Crippen molar-refractivity contribution in [3.8, 4) is 0 Å². The fraction of sp³-hybridized carbons (Fsp3) is 0.417. The van der Waals surface area contributed by atoms with Crippen LogP contribution in [0, 0.1) is 0 Å². The highest BCUT2D eigenvalue weighted by atomic mass is 16.2. The van der Waals surface area contributed by atoms with E-state index in [-0.39, 0.29) is 5.91 Å². The molecule has 0 bridgehead atoms. The predicted molar refractivity (Wildman–Crippen MR) is 60.9 cm³/mol. The van der Waals surface area contributed by atoms with Crippen molar-refractivity contribution in [1.29, 1.82) is 0 Å². The minimum absolute atomic E-state index is 0.311. The number of nitrogens with zero attached hydrogens (tertiary/aromatic N) is 2. The molecule has 0 N–H and O–H groups in total. The molecule has 4 nitrogen and oxygen atoms in total. The fourth-order valence-electron chi connectivity index (χ4n) is 1.37. The smallest absolute Gasteiger partial charge is 0.278 e. The second kappa shape index (κ2) is 6.71. The Balaban J connectivity index is 2.59. The van der Waals surface area contributed by atoms with Crippen LogP contribution in [0.25, 0.3) is 0 Å². The average Bonchev–Trinajstić information content (AvgIpc) is 2.35. The van der Waals surface area contributed by atoms with Crippen molar-refractivity contribution in [2.45, 2.75) is 26.2 Å². The van der Waals surface area contributed by atoms with E-state index in [2.05, 4.69) is 11.9 Å². The van der Waals surface area contributed by atoms with Gasteiger partial charge in [-0.05, 0) is 18.6 Å². The molecule has 0 radical (unpaired) electrons. The average molecular weight is 220 g/mol. The number of pyridine rings is 1. The lowest BCUT2D eigenvalue weighted by molar-refractivity contribution is -0.116. The first-order valence-corrected chi connectivity index (χ1v) is 5.47. The molecule has 1 rings (SSSR count). The van der Waals surface area contributed by atoms with E-state index >= 15 is 0 Å². The zero-order valence-corrected chi connectivity index (χ0v) is 9.43. The van der Waals surface area contributed by atoms with Crippen LogP contribution in [0.15, 0.2) is 24.4 Å². The molecular weight excluding hydrogens is 204 g/mol. The third kappa shape index (κ3) is 3.46. The Morgan fingerprint density at radius 1 is 1.44 bits per heavy atom. The minimum Gasteiger partial charge on any atom is -0.280 e. The fourth-order valence-corrected chi connectivity index (χ4v) is 1.37. The van der Waals surface area contributed by atoms with E-state index in [1.807, 2.05) is 0 Å². The summed E-state index contributed by atoms with van der Waals surface area (Å²) in [4.78, 5) is 27.7. The highest BCUT2D eigenvalue weighted by Crippen LogP contribution is 2.02. The number of unbranched alkanes of at least 4 members (excludes halogenated alkanes) is 2. The number of amides is 2. The lowest BCUT2D eigenvalue weighted by Crippen LogP contribution is -2.31. The summed E-state index contributed by atoms with van der Waals surface area (Å²) in [6, 6.07) is 5.08. The van der Waals surface area contributed by atoms with E-state index in [9.17, 15) is 9.59 Å². The molecule has 1 heterocycles. The molecular formula is C12H16N2O2. The standard InChI is InChI=1S/C12H16N2O2/c1-2-3-6-9-14(10-15)12(16)11-7-4-5-8-13-11/h4-5,7-8,10H,2-3,6,9H2,1H3. The van der Waals surface area contributed by atoms with Crippen molar-refractivity contribution in [3.05, 3.63) is 30.1 Å². The summed E-state index contributed by atoms with van der Waals surface area (Å²) in [6.45, 7) is 2.54. The maximum Gasteiger partial charge on any atom is 0.278 e. The van der Waals surface area contributed by atoms with Gasteiger partial charge in [0.2, 0.25) is 6.41 Å². The molecule has 4 heteroatoms. The molecule has 0 aliphatic rings. The molecule has 0 unspecified atom stereocenters. The molecule has 0 atom stereocenters. The Labute approximate surface area is 95.3 Å².